The normalized spacial score (nSPS) is 19.9. The zero-order valence-corrected chi connectivity index (χ0v) is 11.6. The molecule has 2 heterocycles. The predicted molar refractivity (Wildman–Crippen MR) is 71.7 cm³/mol. The summed E-state index contributed by atoms with van der Waals surface area (Å²) < 4.78 is 15.4. The number of benzene rings is 1. The second-order valence-electron chi connectivity index (χ2n) is 4.67. The Morgan fingerprint density at radius 2 is 2.10 bits per heavy atom. The highest BCUT2D eigenvalue weighted by atomic mass is 16.7. The molecule has 2 amide bonds. The van der Waals surface area contributed by atoms with Gasteiger partial charge in [0.2, 0.25) is 6.79 Å². The van der Waals surface area contributed by atoms with Gasteiger partial charge in [-0.2, -0.15) is 0 Å². The fourth-order valence-electron chi connectivity index (χ4n) is 2.42. The van der Waals surface area contributed by atoms with Gasteiger partial charge in [0, 0.05) is 5.70 Å². The molecule has 21 heavy (non-hydrogen) atoms. The van der Waals surface area contributed by atoms with E-state index in [-0.39, 0.29) is 12.8 Å². The number of ether oxygens (including phenoxy) is 3. The molecule has 3 rings (SSSR count). The van der Waals surface area contributed by atoms with E-state index in [0.29, 0.717) is 28.3 Å². The van der Waals surface area contributed by atoms with E-state index in [1.54, 1.807) is 25.1 Å². The highest BCUT2D eigenvalue weighted by Crippen LogP contribution is 2.36. The second kappa shape index (κ2) is 5.01. The zero-order chi connectivity index (χ0) is 15.0. The van der Waals surface area contributed by atoms with Gasteiger partial charge in [0.1, 0.15) is 0 Å². The van der Waals surface area contributed by atoms with Gasteiger partial charge in [-0.05, 0) is 24.6 Å². The van der Waals surface area contributed by atoms with Crippen LogP contribution in [0.1, 0.15) is 18.5 Å². The van der Waals surface area contributed by atoms with E-state index in [1.807, 2.05) is 0 Å². The molecule has 0 aromatic heterocycles. The molecule has 1 aromatic carbocycles. The van der Waals surface area contributed by atoms with Crippen LogP contribution < -0.4 is 20.1 Å². The number of allylic oxidation sites excluding steroid dienone is 1. The van der Waals surface area contributed by atoms with Crippen molar-refractivity contribution in [2.45, 2.75) is 13.0 Å². The van der Waals surface area contributed by atoms with E-state index in [0.717, 1.165) is 0 Å². The Bertz CT molecular complexity index is 653. The first-order valence-electron chi connectivity index (χ1n) is 6.36. The third kappa shape index (κ3) is 2.26. The Labute approximate surface area is 120 Å². The van der Waals surface area contributed by atoms with Gasteiger partial charge in [-0.25, -0.2) is 9.59 Å². The summed E-state index contributed by atoms with van der Waals surface area (Å²) in [5.41, 5.74) is 1.54. The fourth-order valence-corrected chi connectivity index (χ4v) is 2.42. The Morgan fingerprint density at radius 3 is 2.86 bits per heavy atom. The van der Waals surface area contributed by atoms with Gasteiger partial charge >= 0.3 is 12.0 Å². The Kier molecular flexibility index (Phi) is 3.17. The molecule has 0 saturated carbocycles. The van der Waals surface area contributed by atoms with Crippen LogP contribution in [0.25, 0.3) is 0 Å². The number of nitrogens with one attached hydrogen (secondary N) is 2. The molecule has 0 aliphatic carbocycles. The molecule has 2 aliphatic rings. The van der Waals surface area contributed by atoms with Crippen LogP contribution in [0.2, 0.25) is 0 Å². The number of hydrogen-bond donors (Lipinski definition) is 2. The molecule has 0 radical (unpaired) electrons. The molecule has 1 aromatic rings. The van der Waals surface area contributed by atoms with Gasteiger partial charge in [0.15, 0.2) is 11.5 Å². The number of fused-ring (bicyclic) bond motifs is 1. The minimum Gasteiger partial charge on any atom is -0.466 e. The Balaban J connectivity index is 2.04. The lowest BCUT2D eigenvalue weighted by atomic mass is 9.95. The predicted octanol–water partition coefficient (Wildman–Crippen LogP) is 1.22. The minimum atomic E-state index is -0.597. The Morgan fingerprint density at radius 1 is 1.33 bits per heavy atom. The maximum atomic E-state index is 12.0. The smallest absolute Gasteiger partial charge is 0.337 e. The second-order valence-corrected chi connectivity index (χ2v) is 4.67. The van der Waals surface area contributed by atoms with Gasteiger partial charge in [-0.1, -0.05) is 6.07 Å². The molecule has 0 unspecified atom stereocenters. The van der Waals surface area contributed by atoms with Crippen LogP contribution in [0.4, 0.5) is 4.79 Å². The quantitative estimate of drug-likeness (QED) is 0.800. The summed E-state index contributed by atoms with van der Waals surface area (Å²) in [6.45, 7) is 1.82. The summed E-state index contributed by atoms with van der Waals surface area (Å²) in [7, 11) is 1.30. The highest BCUT2D eigenvalue weighted by molar-refractivity contribution is 5.94. The maximum absolute atomic E-state index is 12.0. The first-order chi connectivity index (χ1) is 10.1. The molecule has 7 heteroatoms. The molecular weight excluding hydrogens is 276 g/mol. The van der Waals surface area contributed by atoms with E-state index in [9.17, 15) is 9.59 Å². The van der Waals surface area contributed by atoms with Crippen LogP contribution >= 0.6 is 0 Å². The first kappa shape index (κ1) is 13.3. The molecule has 1 atom stereocenters. The van der Waals surface area contributed by atoms with Gasteiger partial charge in [-0.15, -0.1) is 0 Å². The van der Waals surface area contributed by atoms with E-state index in [4.69, 9.17) is 14.2 Å². The van der Waals surface area contributed by atoms with Crippen molar-refractivity contribution in [3.05, 3.63) is 35.0 Å². The van der Waals surface area contributed by atoms with Gasteiger partial charge < -0.3 is 24.8 Å². The fraction of sp³-hybridized carbons (Fsp3) is 0.286. The van der Waals surface area contributed by atoms with Crippen LogP contribution in [-0.4, -0.2) is 25.9 Å². The van der Waals surface area contributed by atoms with Gasteiger partial charge in [-0.3, -0.25) is 0 Å². The SMILES string of the molecule is COC(=O)C1=C(C)NC(=O)N[C@@H]1c1ccc2c(c1)OCO2. The van der Waals surface area contributed by atoms with Crippen molar-refractivity contribution in [3.8, 4) is 11.5 Å². The number of rotatable bonds is 2. The number of hydrogen-bond acceptors (Lipinski definition) is 5. The molecule has 0 bridgehead atoms. The average molecular weight is 290 g/mol. The average Bonchev–Trinajstić information content (AvgIpc) is 2.93. The molecule has 2 aliphatic heterocycles. The summed E-state index contributed by atoms with van der Waals surface area (Å²) in [5, 5.41) is 5.28. The number of amides is 2. The van der Waals surface area contributed by atoms with Gasteiger partial charge in [0.05, 0.1) is 18.7 Å². The number of esters is 1. The lowest BCUT2D eigenvalue weighted by Gasteiger charge is -2.27. The monoisotopic (exact) mass is 290 g/mol. The molecular formula is C14H14N2O5. The van der Waals surface area contributed by atoms with Crippen LogP contribution in [0.15, 0.2) is 29.5 Å². The Hall–Kier alpha value is -2.70. The standard InChI is InChI=1S/C14H14N2O5/c1-7-11(13(17)19-2)12(16-14(18)15-7)8-3-4-9-10(5-8)21-6-20-9/h3-5,12H,6H2,1-2H3,(H2,15,16,18)/t12-/m1/s1. The zero-order valence-electron chi connectivity index (χ0n) is 11.6. The maximum Gasteiger partial charge on any atom is 0.337 e. The highest BCUT2D eigenvalue weighted by Gasteiger charge is 2.32. The lowest BCUT2D eigenvalue weighted by molar-refractivity contribution is -0.136. The molecule has 110 valence electrons. The summed E-state index contributed by atoms with van der Waals surface area (Å²) in [5.74, 6) is 0.726. The number of urea groups is 1. The summed E-state index contributed by atoms with van der Waals surface area (Å²) >= 11 is 0. The number of carbonyl (C=O) groups excluding carboxylic acids is 2. The number of carbonyl (C=O) groups is 2. The molecule has 2 N–H and O–H groups in total. The first-order valence-corrected chi connectivity index (χ1v) is 6.36. The van der Waals surface area contributed by atoms with Crippen LogP contribution in [0, 0.1) is 0 Å². The molecule has 0 fully saturated rings. The topological polar surface area (TPSA) is 85.9 Å². The summed E-state index contributed by atoms with van der Waals surface area (Å²) in [6.07, 6.45) is 0. The van der Waals surface area contributed by atoms with E-state index in [1.165, 1.54) is 7.11 Å². The van der Waals surface area contributed by atoms with Crippen molar-refractivity contribution in [2.75, 3.05) is 13.9 Å². The van der Waals surface area contributed by atoms with E-state index >= 15 is 0 Å². The number of methoxy groups -OCH3 is 1. The lowest BCUT2D eigenvalue weighted by Crippen LogP contribution is -2.45. The van der Waals surface area contributed by atoms with Crippen LogP contribution in [0.5, 0.6) is 11.5 Å². The van der Waals surface area contributed by atoms with Crippen molar-refractivity contribution in [2.24, 2.45) is 0 Å². The molecule has 7 nitrogen and oxygen atoms in total. The van der Waals surface area contributed by atoms with Crippen molar-refractivity contribution in [1.82, 2.24) is 10.6 Å². The minimum absolute atomic E-state index is 0.163. The van der Waals surface area contributed by atoms with E-state index in [2.05, 4.69) is 10.6 Å². The molecule has 0 spiro atoms. The largest absolute Gasteiger partial charge is 0.466 e. The van der Waals surface area contributed by atoms with Crippen molar-refractivity contribution >= 4 is 12.0 Å². The summed E-state index contributed by atoms with van der Waals surface area (Å²) in [4.78, 5) is 23.7. The van der Waals surface area contributed by atoms with Crippen LogP contribution in [-0.2, 0) is 9.53 Å². The third-order valence-electron chi connectivity index (χ3n) is 3.40. The van der Waals surface area contributed by atoms with Crippen LogP contribution in [0.3, 0.4) is 0 Å². The van der Waals surface area contributed by atoms with Crippen molar-refractivity contribution < 1.29 is 23.8 Å². The molecule has 0 saturated heterocycles. The van der Waals surface area contributed by atoms with Crippen molar-refractivity contribution in [1.29, 1.82) is 0 Å². The van der Waals surface area contributed by atoms with Crippen molar-refractivity contribution in [3.63, 3.8) is 0 Å². The third-order valence-corrected chi connectivity index (χ3v) is 3.40. The van der Waals surface area contributed by atoms with Gasteiger partial charge in [0.25, 0.3) is 0 Å². The van der Waals surface area contributed by atoms with E-state index < -0.39 is 12.0 Å². The summed E-state index contributed by atoms with van der Waals surface area (Å²) in [6, 6.07) is 4.30.